The lowest BCUT2D eigenvalue weighted by atomic mass is 10.0. The van der Waals surface area contributed by atoms with E-state index in [4.69, 9.17) is 14.9 Å². The van der Waals surface area contributed by atoms with Gasteiger partial charge >= 0.3 is 11.6 Å². The molecule has 0 atom stereocenters. The van der Waals surface area contributed by atoms with Crippen molar-refractivity contribution in [2.24, 2.45) is 0 Å². The van der Waals surface area contributed by atoms with E-state index in [0.717, 1.165) is 16.8 Å². The highest BCUT2D eigenvalue weighted by Gasteiger charge is 2.29. The van der Waals surface area contributed by atoms with Crippen molar-refractivity contribution in [2.45, 2.75) is 13.5 Å². The van der Waals surface area contributed by atoms with Crippen LogP contribution in [0.5, 0.6) is 0 Å². The minimum atomic E-state index is -0.699. The molecule has 0 aliphatic rings. The van der Waals surface area contributed by atoms with Crippen LogP contribution in [0.15, 0.2) is 99.5 Å². The smallest absolute Gasteiger partial charge is 0.360 e. The number of hydrogen-bond donors (Lipinski definition) is 1. The molecule has 5 aromatic rings. The molecule has 2 aromatic carbocycles. The Kier molecular flexibility index (Phi) is 6.56. The fraction of sp³-hybridized carbons (Fsp3) is 0.103. The van der Waals surface area contributed by atoms with E-state index in [1.807, 2.05) is 84.2 Å². The first-order valence-corrected chi connectivity index (χ1v) is 12.4. The molecule has 6 nitrogen and oxygen atoms in total. The summed E-state index contributed by atoms with van der Waals surface area (Å²) in [6.07, 6.45) is 0. The van der Waals surface area contributed by atoms with Crippen molar-refractivity contribution in [1.82, 2.24) is 4.57 Å². The molecule has 180 valence electrons. The van der Waals surface area contributed by atoms with Crippen molar-refractivity contribution < 1.29 is 13.9 Å². The summed E-state index contributed by atoms with van der Waals surface area (Å²) in [7, 11) is 0. The maximum atomic E-state index is 13.3. The molecule has 5 rings (SSSR count). The molecule has 0 saturated heterocycles. The number of aromatic nitrogens is 1. The monoisotopic (exact) mass is 496 g/mol. The Morgan fingerprint density at radius 2 is 1.64 bits per heavy atom. The Labute approximate surface area is 212 Å². The molecule has 3 aromatic heterocycles. The highest BCUT2D eigenvalue weighted by atomic mass is 32.1. The van der Waals surface area contributed by atoms with Crippen LogP contribution in [0.2, 0.25) is 0 Å². The fourth-order valence-corrected chi connectivity index (χ4v) is 4.99. The molecule has 0 saturated carbocycles. The zero-order valence-corrected chi connectivity index (χ0v) is 20.5. The maximum absolute atomic E-state index is 13.3. The Hall–Kier alpha value is -4.36. The normalized spacial score (nSPS) is 10.9. The van der Waals surface area contributed by atoms with Crippen LogP contribution in [0, 0.1) is 0 Å². The molecule has 3 heterocycles. The summed E-state index contributed by atoms with van der Waals surface area (Å²) >= 11 is 1.37. The number of nitrogens with two attached hydrogens (primary N) is 1. The zero-order chi connectivity index (χ0) is 25.1. The molecule has 0 radical (unpaired) electrons. The van der Waals surface area contributed by atoms with Crippen molar-refractivity contribution in [3.05, 3.63) is 112 Å². The summed E-state index contributed by atoms with van der Waals surface area (Å²) in [6, 6.07) is 27.4. The van der Waals surface area contributed by atoms with Gasteiger partial charge in [-0.05, 0) is 41.6 Å². The van der Waals surface area contributed by atoms with Crippen molar-refractivity contribution in [2.75, 3.05) is 12.3 Å². The van der Waals surface area contributed by atoms with Crippen LogP contribution < -0.4 is 11.4 Å². The van der Waals surface area contributed by atoms with Crippen LogP contribution in [-0.4, -0.2) is 17.1 Å². The number of carbonyl (C=O) groups excluding carboxylic acids is 1. The molecule has 36 heavy (non-hydrogen) atoms. The van der Waals surface area contributed by atoms with E-state index >= 15 is 0 Å². The van der Waals surface area contributed by atoms with Crippen molar-refractivity contribution in [1.29, 1.82) is 0 Å². The van der Waals surface area contributed by atoms with E-state index in [1.54, 1.807) is 13.0 Å². The lowest BCUT2D eigenvalue weighted by molar-refractivity contribution is 0.0526. The summed E-state index contributed by atoms with van der Waals surface area (Å²) in [5.41, 5.74) is 9.59. The molecule has 0 fully saturated rings. The first kappa shape index (κ1) is 23.4. The minimum absolute atomic E-state index is 0.134. The van der Waals surface area contributed by atoms with Crippen LogP contribution in [0.1, 0.15) is 22.8 Å². The number of thiophene rings is 1. The summed E-state index contributed by atoms with van der Waals surface area (Å²) in [5, 5.41) is 1.85. The van der Waals surface area contributed by atoms with E-state index in [2.05, 4.69) is 4.57 Å². The minimum Gasteiger partial charge on any atom is -0.462 e. The van der Waals surface area contributed by atoms with Crippen molar-refractivity contribution in [3.8, 4) is 33.2 Å². The van der Waals surface area contributed by atoms with Crippen LogP contribution in [0.25, 0.3) is 33.2 Å². The third-order valence-corrected chi connectivity index (χ3v) is 6.74. The lowest BCUT2D eigenvalue weighted by Gasteiger charge is -2.18. The number of benzene rings is 2. The fourth-order valence-electron chi connectivity index (χ4n) is 4.28. The summed E-state index contributed by atoms with van der Waals surface area (Å²) < 4.78 is 13.1. The van der Waals surface area contributed by atoms with Gasteiger partial charge in [0.2, 0.25) is 0 Å². The van der Waals surface area contributed by atoms with Crippen molar-refractivity contribution in [3.63, 3.8) is 0 Å². The van der Waals surface area contributed by atoms with Gasteiger partial charge in [0, 0.05) is 17.8 Å². The topological polar surface area (TPSA) is 87.5 Å². The van der Waals surface area contributed by atoms with Gasteiger partial charge in [0.05, 0.1) is 17.2 Å². The Balaban J connectivity index is 1.82. The molecule has 0 aliphatic carbocycles. The van der Waals surface area contributed by atoms with E-state index in [-0.39, 0.29) is 23.6 Å². The number of nitrogens with zero attached hydrogens (tertiary/aromatic N) is 1. The Bertz CT molecular complexity index is 1550. The summed E-state index contributed by atoms with van der Waals surface area (Å²) in [4.78, 5) is 26.9. The maximum Gasteiger partial charge on any atom is 0.360 e. The second kappa shape index (κ2) is 10.1. The first-order chi connectivity index (χ1) is 17.6. The molecule has 0 amide bonds. The number of rotatable bonds is 7. The van der Waals surface area contributed by atoms with Gasteiger partial charge in [0.25, 0.3) is 0 Å². The average Bonchev–Trinajstić information content (AvgIpc) is 3.57. The zero-order valence-electron chi connectivity index (χ0n) is 19.6. The predicted molar refractivity (Wildman–Crippen MR) is 143 cm³/mol. The van der Waals surface area contributed by atoms with Gasteiger partial charge in [-0.2, -0.15) is 0 Å². The Morgan fingerprint density at radius 3 is 2.31 bits per heavy atom. The number of nitrogen functional groups attached to an aromatic ring is 1. The number of hydrogen-bond acceptors (Lipinski definition) is 6. The average molecular weight is 497 g/mol. The van der Waals surface area contributed by atoms with E-state index in [9.17, 15) is 9.59 Å². The number of anilines is 1. The van der Waals surface area contributed by atoms with E-state index in [0.29, 0.717) is 22.7 Å². The second-order valence-corrected chi connectivity index (χ2v) is 9.07. The highest BCUT2D eigenvalue weighted by Crippen LogP contribution is 2.39. The Morgan fingerprint density at radius 1 is 0.944 bits per heavy atom. The van der Waals surface area contributed by atoms with Crippen LogP contribution in [0.4, 0.5) is 5.69 Å². The van der Waals surface area contributed by atoms with Gasteiger partial charge in [0.1, 0.15) is 11.3 Å². The summed E-state index contributed by atoms with van der Waals surface area (Å²) in [5.74, 6) is -0.438. The van der Waals surface area contributed by atoms with Gasteiger partial charge in [0.15, 0.2) is 5.76 Å². The van der Waals surface area contributed by atoms with Crippen LogP contribution in [-0.2, 0) is 11.3 Å². The van der Waals surface area contributed by atoms with Gasteiger partial charge in [-0.1, -0.05) is 66.7 Å². The van der Waals surface area contributed by atoms with Gasteiger partial charge < -0.3 is 19.5 Å². The van der Waals surface area contributed by atoms with Crippen molar-refractivity contribution >= 4 is 23.0 Å². The van der Waals surface area contributed by atoms with Crippen LogP contribution >= 0.6 is 11.3 Å². The third-order valence-electron chi connectivity index (χ3n) is 5.88. The SMILES string of the molecule is CCOC(=O)c1c(-c2cccs2)oc(=O)c(N)c1-c1ccc(-c2ccccc2)n1Cc1ccccc1. The molecule has 0 aliphatic heterocycles. The van der Waals surface area contributed by atoms with Gasteiger partial charge in [-0.25, -0.2) is 9.59 Å². The molecular weight excluding hydrogens is 472 g/mol. The molecule has 7 heteroatoms. The first-order valence-electron chi connectivity index (χ1n) is 11.5. The molecule has 0 unspecified atom stereocenters. The van der Waals surface area contributed by atoms with E-state index in [1.165, 1.54) is 11.3 Å². The molecule has 2 N–H and O–H groups in total. The van der Waals surface area contributed by atoms with Crippen LogP contribution in [0.3, 0.4) is 0 Å². The molecule has 0 bridgehead atoms. The third kappa shape index (κ3) is 4.36. The lowest BCUT2D eigenvalue weighted by Crippen LogP contribution is -2.18. The largest absolute Gasteiger partial charge is 0.462 e. The number of ether oxygens (including phenoxy) is 1. The predicted octanol–water partition coefficient (Wildman–Crippen LogP) is 6.31. The second-order valence-electron chi connectivity index (χ2n) is 8.12. The number of carbonyl (C=O) groups is 1. The number of esters is 1. The molecular formula is C29H24N2O4S. The quantitative estimate of drug-likeness (QED) is 0.267. The molecule has 0 spiro atoms. The van der Waals surface area contributed by atoms with Gasteiger partial charge in [-0.3, -0.25) is 0 Å². The van der Waals surface area contributed by atoms with E-state index < -0.39 is 11.6 Å². The summed E-state index contributed by atoms with van der Waals surface area (Å²) in [6.45, 7) is 2.40. The van der Waals surface area contributed by atoms with Gasteiger partial charge in [-0.15, -0.1) is 11.3 Å². The highest BCUT2D eigenvalue weighted by molar-refractivity contribution is 7.13. The standard InChI is InChI=1S/C29H24N2O4S/c1-2-34-28(32)25-24(26(30)29(33)35-27(25)23-14-9-17-36-23)22-16-15-21(20-12-7-4-8-13-20)31(22)18-19-10-5-3-6-11-19/h3-17H,2,18,30H2,1H3.